The molecular weight excluding hydrogens is 458 g/mol. The van der Waals surface area contributed by atoms with Crippen LogP contribution in [-0.2, 0) is 17.9 Å². The Labute approximate surface area is 198 Å². The minimum absolute atomic E-state index is 0.135. The Balaban J connectivity index is 1.71. The molecule has 35 heavy (non-hydrogen) atoms. The van der Waals surface area contributed by atoms with E-state index in [4.69, 9.17) is 4.74 Å². The number of hydrogen-bond donors (Lipinski definition) is 2. The summed E-state index contributed by atoms with van der Waals surface area (Å²) in [6, 6.07) is 10.5. The van der Waals surface area contributed by atoms with Crippen molar-refractivity contribution in [3.63, 3.8) is 0 Å². The van der Waals surface area contributed by atoms with Crippen LogP contribution in [0.4, 0.5) is 14.7 Å². The van der Waals surface area contributed by atoms with Crippen LogP contribution in [-0.4, -0.2) is 39.1 Å². The van der Waals surface area contributed by atoms with E-state index in [0.29, 0.717) is 22.4 Å². The second-order valence-electron chi connectivity index (χ2n) is 7.63. The standard InChI is InChI=1S/C24H22F2N6O3/c1-14(33)27-9-10-32-22-20(30-21(23(32)34)16-4-6-17(35-2)7-5-16)13-29-24(31-22)28-12-15-3-8-18(25)19(26)11-15/h3-8,11,13H,9-10,12H2,1-2H3,(H,27,33)(H,28,29,31). The zero-order valence-electron chi connectivity index (χ0n) is 19.0. The van der Waals surface area contributed by atoms with Crippen molar-refractivity contribution in [2.75, 3.05) is 19.0 Å². The highest BCUT2D eigenvalue weighted by atomic mass is 19.2. The second kappa shape index (κ2) is 10.2. The Kier molecular flexibility index (Phi) is 6.95. The van der Waals surface area contributed by atoms with E-state index < -0.39 is 17.2 Å². The van der Waals surface area contributed by atoms with Gasteiger partial charge < -0.3 is 15.4 Å². The zero-order valence-corrected chi connectivity index (χ0v) is 19.0. The number of hydrogen-bond acceptors (Lipinski definition) is 7. The molecule has 0 aliphatic carbocycles. The van der Waals surface area contributed by atoms with Gasteiger partial charge in [0.2, 0.25) is 11.9 Å². The Bertz CT molecular complexity index is 1440. The maximum atomic E-state index is 13.5. The monoisotopic (exact) mass is 480 g/mol. The highest BCUT2D eigenvalue weighted by Gasteiger charge is 2.15. The smallest absolute Gasteiger partial charge is 0.278 e. The Morgan fingerprint density at radius 1 is 1.09 bits per heavy atom. The van der Waals surface area contributed by atoms with E-state index in [-0.39, 0.29) is 42.8 Å². The van der Waals surface area contributed by atoms with E-state index in [1.807, 2.05) is 0 Å². The Hall–Kier alpha value is -4.41. The van der Waals surface area contributed by atoms with Gasteiger partial charge >= 0.3 is 0 Å². The van der Waals surface area contributed by atoms with Gasteiger partial charge in [0.25, 0.3) is 5.56 Å². The fraction of sp³-hybridized carbons (Fsp3) is 0.208. The van der Waals surface area contributed by atoms with Crippen molar-refractivity contribution in [2.45, 2.75) is 20.0 Å². The summed E-state index contributed by atoms with van der Waals surface area (Å²) in [6.07, 6.45) is 1.47. The van der Waals surface area contributed by atoms with Crippen molar-refractivity contribution < 1.29 is 18.3 Å². The molecule has 2 aromatic heterocycles. The van der Waals surface area contributed by atoms with Crippen LogP contribution in [0.25, 0.3) is 22.4 Å². The van der Waals surface area contributed by atoms with Crippen molar-refractivity contribution in [1.29, 1.82) is 0 Å². The molecule has 0 unspecified atom stereocenters. The molecule has 0 spiro atoms. The van der Waals surface area contributed by atoms with Crippen LogP contribution in [0.3, 0.4) is 0 Å². The minimum Gasteiger partial charge on any atom is -0.497 e. The number of rotatable bonds is 8. The second-order valence-corrected chi connectivity index (χ2v) is 7.63. The van der Waals surface area contributed by atoms with Crippen molar-refractivity contribution in [1.82, 2.24) is 24.8 Å². The largest absolute Gasteiger partial charge is 0.497 e. The Morgan fingerprint density at radius 2 is 1.86 bits per heavy atom. The van der Waals surface area contributed by atoms with E-state index in [1.54, 1.807) is 31.4 Å². The quantitative estimate of drug-likeness (QED) is 0.399. The Morgan fingerprint density at radius 3 is 2.54 bits per heavy atom. The number of halogens is 2. The number of benzene rings is 2. The topological polar surface area (TPSA) is 111 Å². The normalized spacial score (nSPS) is 10.9. The van der Waals surface area contributed by atoms with Crippen LogP contribution in [0.5, 0.6) is 5.75 Å². The number of nitrogens with zero attached hydrogens (tertiary/aromatic N) is 4. The highest BCUT2D eigenvalue weighted by molar-refractivity contribution is 5.75. The third-order valence-corrected chi connectivity index (χ3v) is 5.19. The van der Waals surface area contributed by atoms with Gasteiger partial charge in [-0.15, -0.1) is 0 Å². The van der Waals surface area contributed by atoms with Crippen molar-refractivity contribution in [3.05, 3.63) is 76.2 Å². The number of methoxy groups -OCH3 is 1. The minimum atomic E-state index is -0.953. The predicted molar refractivity (Wildman–Crippen MR) is 126 cm³/mol. The fourth-order valence-electron chi connectivity index (χ4n) is 3.44. The van der Waals surface area contributed by atoms with Gasteiger partial charge in [0.1, 0.15) is 17.0 Å². The van der Waals surface area contributed by atoms with E-state index in [9.17, 15) is 18.4 Å². The summed E-state index contributed by atoms with van der Waals surface area (Å²) in [5.74, 6) is -1.30. The van der Waals surface area contributed by atoms with Gasteiger partial charge in [-0.3, -0.25) is 14.2 Å². The lowest BCUT2D eigenvalue weighted by Gasteiger charge is -2.13. The number of carbonyl (C=O) groups excluding carboxylic acids is 1. The molecule has 2 heterocycles. The molecule has 4 rings (SSSR count). The van der Waals surface area contributed by atoms with Gasteiger partial charge in [0.05, 0.1) is 13.3 Å². The van der Waals surface area contributed by atoms with Gasteiger partial charge in [-0.1, -0.05) is 6.07 Å². The highest BCUT2D eigenvalue weighted by Crippen LogP contribution is 2.20. The third-order valence-electron chi connectivity index (χ3n) is 5.19. The maximum absolute atomic E-state index is 13.5. The molecule has 2 aromatic carbocycles. The molecule has 1 amide bonds. The first kappa shape index (κ1) is 23.7. The lowest BCUT2D eigenvalue weighted by molar-refractivity contribution is -0.118. The van der Waals surface area contributed by atoms with Crippen molar-refractivity contribution in [3.8, 4) is 17.0 Å². The third kappa shape index (κ3) is 5.40. The molecule has 4 aromatic rings. The number of amides is 1. The van der Waals surface area contributed by atoms with Crippen LogP contribution in [0, 0.1) is 11.6 Å². The molecular formula is C24H22F2N6O3. The lowest BCUT2D eigenvalue weighted by Crippen LogP contribution is -2.31. The SMILES string of the molecule is COc1ccc(-c2nc3cnc(NCc4ccc(F)c(F)c4)nc3n(CCNC(C)=O)c2=O)cc1. The number of fused-ring (bicyclic) bond motifs is 1. The number of anilines is 1. The van der Waals surface area contributed by atoms with Gasteiger partial charge in [-0.2, -0.15) is 4.98 Å². The summed E-state index contributed by atoms with van der Waals surface area (Å²) >= 11 is 0. The fourth-order valence-corrected chi connectivity index (χ4v) is 3.44. The molecule has 0 bridgehead atoms. The first-order chi connectivity index (χ1) is 16.9. The van der Waals surface area contributed by atoms with Gasteiger partial charge in [0, 0.05) is 32.1 Å². The van der Waals surface area contributed by atoms with Gasteiger partial charge in [-0.25, -0.2) is 18.7 Å². The summed E-state index contributed by atoms with van der Waals surface area (Å²) in [6.45, 7) is 1.88. The van der Waals surface area contributed by atoms with Crippen LogP contribution in [0.15, 0.2) is 53.5 Å². The molecule has 0 fully saturated rings. The number of nitrogens with one attached hydrogen (secondary N) is 2. The molecule has 0 saturated heterocycles. The zero-order chi connectivity index (χ0) is 24.9. The molecule has 0 aliphatic heterocycles. The van der Waals surface area contributed by atoms with Gasteiger partial charge in [-0.05, 0) is 42.0 Å². The number of carbonyl (C=O) groups is 1. The van der Waals surface area contributed by atoms with Crippen molar-refractivity contribution >= 4 is 23.0 Å². The summed E-state index contributed by atoms with van der Waals surface area (Å²) in [5.41, 5.74) is 1.53. The van der Waals surface area contributed by atoms with E-state index >= 15 is 0 Å². The molecule has 0 saturated carbocycles. The molecule has 0 aliphatic rings. The molecule has 2 N–H and O–H groups in total. The summed E-state index contributed by atoms with van der Waals surface area (Å²) in [5, 5.41) is 5.61. The maximum Gasteiger partial charge on any atom is 0.278 e. The number of ether oxygens (including phenoxy) is 1. The van der Waals surface area contributed by atoms with Crippen LogP contribution in [0.2, 0.25) is 0 Å². The molecule has 0 atom stereocenters. The molecule has 180 valence electrons. The first-order valence-corrected chi connectivity index (χ1v) is 10.7. The molecule has 9 nitrogen and oxygen atoms in total. The van der Waals surface area contributed by atoms with E-state index in [0.717, 1.165) is 12.1 Å². The first-order valence-electron chi connectivity index (χ1n) is 10.7. The summed E-state index contributed by atoms with van der Waals surface area (Å²) < 4.78 is 33.3. The summed E-state index contributed by atoms with van der Waals surface area (Å²) in [4.78, 5) is 37.9. The van der Waals surface area contributed by atoms with Crippen molar-refractivity contribution in [2.24, 2.45) is 0 Å². The van der Waals surface area contributed by atoms with Crippen LogP contribution in [0.1, 0.15) is 12.5 Å². The van der Waals surface area contributed by atoms with E-state index in [2.05, 4.69) is 25.6 Å². The average Bonchev–Trinajstić information content (AvgIpc) is 2.85. The molecule has 11 heteroatoms. The van der Waals surface area contributed by atoms with E-state index in [1.165, 1.54) is 23.8 Å². The van der Waals surface area contributed by atoms with Crippen LogP contribution >= 0.6 is 0 Å². The van der Waals surface area contributed by atoms with Gasteiger partial charge in [0.15, 0.2) is 17.3 Å². The summed E-state index contributed by atoms with van der Waals surface area (Å²) in [7, 11) is 1.55. The number of aromatic nitrogens is 4. The molecule has 0 radical (unpaired) electrons. The lowest BCUT2D eigenvalue weighted by atomic mass is 10.1. The van der Waals surface area contributed by atoms with Crippen LogP contribution < -0.4 is 20.9 Å². The average molecular weight is 480 g/mol. The predicted octanol–water partition coefficient (Wildman–Crippen LogP) is 2.89.